The summed E-state index contributed by atoms with van der Waals surface area (Å²) in [7, 11) is 1.26. The number of nitrogens with one attached hydrogen (secondary N) is 1. The summed E-state index contributed by atoms with van der Waals surface area (Å²) in [6.45, 7) is 1.85. The Hall–Kier alpha value is -2.55. The Morgan fingerprint density at radius 1 is 1.22 bits per heavy atom. The molecule has 1 heterocycles. The van der Waals surface area contributed by atoms with Crippen molar-refractivity contribution < 1.29 is 27.5 Å². The largest absolute Gasteiger partial charge is 0.465 e. The van der Waals surface area contributed by atoms with E-state index in [1.165, 1.54) is 43.0 Å². The van der Waals surface area contributed by atoms with Gasteiger partial charge >= 0.3 is 12.1 Å². The average molecular weight is 404 g/mol. The summed E-state index contributed by atoms with van der Waals surface area (Å²) in [5.74, 6) is -0.869. The Balaban J connectivity index is 1.88. The molecule has 27 heavy (non-hydrogen) atoms. The second-order valence-electron chi connectivity index (χ2n) is 5.65. The number of rotatable bonds is 6. The van der Waals surface area contributed by atoms with Crippen LogP contribution in [0.3, 0.4) is 0 Å². The molecule has 0 spiro atoms. The number of carbonyl (C=O) groups excluding carboxylic acids is 2. The highest BCUT2D eigenvalue weighted by Crippen LogP contribution is 2.35. The maximum atomic E-state index is 12.8. The van der Waals surface area contributed by atoms with Gasteiger partial charge in [-0.1, -0.05) is 11.6 Å². The zero-order valence-electron chi connectivity index (χ0n) is 14.6. The van der Waals surface area contributed by atoms with E-state index in [1.54, 1.807) is 0 Å². The molecule has 0 aliphatic carbocycles. The van der Waals surface area contributed by atoms with Crippen LogP contribution in [0.2, 0.25) is 5.02 Å². The van der Waals surface area contributed by atoms with E-state index in [0.29, 0.717) is 17.5 Å². The topological polar surface area (TPSA) is 73.2 Å². The minimum Gasteiger partial charge on any atom is -0.465 e. The lowest BCUT2D eigenvalue weighted by atomic mass is 10.1. The lowest BCUT2D eigenvalue weighted by Crippen LogP contribution is -2.25. The van der Waals surface area contributed by atoms with Gasteiger partial charge in [0, 0.05) is 18.7 Å². The fourth-order valence-electron chi connectivity index (χ4n) is 2.33. The number of esters is 1. The number of alkyl halides is 3. The van der Waals surface area contributed by atoms with Crippen LogP contribution in [0.15, 0.2) is 24.3 Å². The minimum absolute atomic E-state index is 0.170. The molecule has 0 atom stereocenters. The Bertz CT molecular complexity index is 832. The molecule has 1 aromatic heterocycles. The highest BCUT2D eigenvalue weighted by molar-refractivity contribution is 6.31. The predicted octanol–water partition coefficient (Wildman–Crippen LogP) is 3.47. The molecule has 0 saturated heterocycles. The van der Waals surface area contributed by atoms with Gasteiger partial charge in [-0.15, -0.1) is 0 Å². The van der Waals surface area contributed by atoms with E-state index in [-0.39, 0.29) is 24.7 Å². The van der Waals surface area contributed by atoms with Gasteiger partial charge in [0.2, 0.25) is 0 Å². The molecule has 2 aromatic rings. The third-order valence-corrected chi connectivity index (χ3v) is 4.25. The highest BCUT2D eigenvalue weighted by atomic mass is 35.5. The number of hydrogen-bond acceptors (Lipinski definition) is 4. The van der Waals surface area contributed by atoms with Crippen LogP contribution >= 0.6 is 11.6 Å². The number of benzene rings is 1. The minimum atomic E-state index is -4.61. The van der Waals surface area contributed by atoms with Crippen molar-refractivity contribution in [3.8, 4) is 0 Å². The van der Waals surface area contributed by atoms with E-state index in [9.17, 15) is 22.8 Å². The van der Waals surface area contributed by atoms with Crippen molar-refractivity contribution in [2.75, 3.05) is 13.7 Å². The average Bonchev–Trinajstić information content (AvgIpc) is 2.93. The predicted molar refractivity (Wildman–Crippen MR) is 91.7 cm³/mol. The first-order chi connectivity index (χ1) is 12.6. The second kappa shape index (κ2) is 8.43. The van der Waals surface area contributed by atoms with Crippen LogP contribution < -0.4 is 5.32 Å². The summed E-state index contributed by atoms with van der Waals surface area (Å²) < 4.78 is 44.1. The van der Waals surface area contributed by atoms with Gasteiger partial charge in [0.25, 0.3) is 5.91 Å². The van der Waals surface area contributed by atoms with Crippen LogP contribution in [0.5, 0.6) is 0 Å². The van der Waals surface area contributed by atoms with Gasteiger partial charge in [-0.25, -0.2) is 4.79 Å². The summed E-state index contributed by atoms with van der Waals surface area (Å²) in [4.78, 5) is 23.4. The molecule has 0 bridgehead atoms. The number of methoxy groups -OCH3 is 1. The molecule has 1 N–H and O–H groups in total. The molecular formula is C17H17ClF3N3O3. The monoisotopic (exact) mass is 403 g/mol. The summed E-state index contributed by atoms with van der Waals surface area (Å²) >= 11 is 5.68. The molecule has 146 valence electrons. The van der Waals surface area contributed by atoms with E-state index in [2.05, 4.69) is 15.2 Å². The van der Waals surface area contributed by atoms with Crippen LogP contribution in [-0.2, 0) is 17.5 Å². The zero-order chi connectivity index (χ0) is 20.2. The fourth-order valence-corrected chi connectivity index (χ4v) is 2.57. The van der Waals surface area contributed by atoms with E-state index < -0.39 is 22.9 Å². The Morgan fingerprint density at radius 3 is 2.33 bits per heavy atom. The van der Waals surface area contributed by atoms with Gasteiger partial charge in [0.05, 0.1) is 23.4 Å². The number of aryl methyl sites for hydroxylation is 1. The van der Waals surface area contributed by atoms with E-state index >= 15 is 0 Å². The standard InChI is InChI=1S/C17H17ClF3N3O3/c1-10-13(18)14(17(19,20)21)23-24(10)9-3-8-22-15(25)11-4-6-12(7-5-11)16(26)27-2/h4-7H,3,8-9H2,1-2H3,(H,22,25). The highest BCUT2D eigenvalue weighted by Gasteiger charge is 2.38. The van der Waals surface area contributed by atoms with Gasteiger partial charge in [-0.05, 0) is 37.6 Å². The molecule has 0 radical (unpaired) electrons. The number of ether oxygens (including phenoxy) is 1. The smallest absolute Gasteiger partial charge is 0.436 e. The zero-order valence-corrected chi connectivity index (χ0v) is 15.3. The van der Waals surface area contributed by atoms with Gasteiger partial charge in [0.15, 0.2) is 5.69 Å². The van der Waals surface area contributed by atoms with Crippen molar-refractivity contribution in [2.24, 2.45) is 0 Å². The van der Waals surface area contributed by atoms with Crippen molar-refractivity contribution in [1.82, 2.24) is 15.1 Å². The number of aromatic nitrogens is 2. The molecule has 0 aliphatic heterocycles. The summed E-state index contributed by atoms with van der Waals surface area (Å²) in [5, 5.41) is 5.73. The molecule has 6 nitrogen and oxygen atoms in total. The molecule has 2 rings (SSSR count). The molecule has 10 heteroatoms. The van der Waals surface area contributed by atoms with Crippen molar-refractivity contribution in [3.05, 3.63) is 51.8 Å². The normalized spacial score (nSPS) is 11.3. The molecule has 1 aromatic carbocycles. The molecule has 0 fully saturated rings. The van der Waals surface area contributed by atoms with Crippen LogP contribution in [0.25, 0.3) is 0 Å². The van der Waals surface area contributed by atoms with E-state index in [4.69, 9.17) is 11.6 Å². The molecule has 1 amide bonds. The second-order valence-corrected chi connectivity index (χ2v) is 6.03. The number of nitrogens with zero attached hydrogens (tertiary/aromatic N) is 2. The van der Waals surface area contributed by atoms with Gasteiger partial charge in [-0.3, -0.25) is 9.48 Å². The lowest BCUT2D eigenvalue weighted by molar-refractivity contribution is -0.141. The first kappa shape index (κ1) is 20.8. The van der Waals surface area contributed by atoms with Crippen molar-refractivity contribution >= 4 is 23.5 Å². The molecular weight excluding hydrogens is 387 g/mol. The number of hydrogen-bond donors (Lipinski definition) is 1. The first-order valence-electron chi connectivity index (χ1n) is 7.91. The number of carbonyl (C=O) groups is 2. The van der Waals surface area contributed by atoms with Crippen molar-refractivity contribution in [3.63, 3.8) is 0 Å². The summed E-state index contributed by atoms with van der Waals surface area (Å²) in [6.07, 6.45) is -4.25. The quantitative estimate of drug-likeness (QED) is 0.592. The van der Waals surface area contributed by atoms with Crippen LogP contribution in [-0.4, -0.2) is 35.3 Å². The van der Waals surface area contributed by atoms with Gasteiger partial charge in [-0.2, -0.15) is 18.3 Å². The Kier molecular flexibility index (Phi) is 6.48. The maximum absolute atomic E-state index is 12.8. The van der Waals surface area contributed by atoms with Gasteiger partial charge in [0.1, 0.15) is 0 Å². The summed E-state index contributed by atoms with van der Waals surface area (Å²) in [6, 6.07) is 5.90. The SMILES string of the molecule is COC(=O)c1ccc(C(=O)NCCCn2nc(C(F)(F)F)c(Cl)c2C)cc1. The molecule has 0 aliphatic rings. The van der Waals surface area contributed by atoms with Gasteiger partial charge < -0.3 is 10.1 Å². The lowest BCUT2D eigenvalue weighted by Gasteiger charge is -2.07. The van der Waals surface area contributed by atoms with E-state index in [0.717, 1.165) is 0 Å². The van der Waals surface area contributed by atoms with Crippen LogP contribution in [0.1, 0.15) is 38.5 Å². The number of halogens is 4. The molecule has 0 unspecified atom stereocenters. The third-order valence-electron chi connectivity index (χ3n) is 3.80. The fraction of sp³-hybridized carbons (Fsp3) is 0.353. The maximum Gasteiger partial charge on any atom is 0.436 e. The Morgan fingerprint density at radius 2 is 1.81 bits per heavy atom. The Labute approximate surface area is 158 Å². The van der Waals surface area contributed by atoms with Crippen LogP contribution in [0, 0.1) is 6.92 Å². The number of amides is 1. The molecule has 0 saturated carbocycles. The van der Waals surface area contributed by atoms with Crippen molar-refractivity contribution in [1.29, 1.82) is 0 Å². The van der Waals surface area contributed by atoms with E-state index in [1.807, 2.05) is 0 Å². The first-order valence-corrected chi connectivity index (χ1v) is 8.29. The van der Waals surface area contributed by atoms with Crippen molar-refractivity contribution in [2.45, 2.75) is 26.1 Å². The third kappa shape index (κ3) is 5.00. The van der Waals surface area contributed by atoms with Crippen LogP contribution in [0.4, 0.5) is 13.2 Å². The summed E-state index contributed by atoms with van der Waals surface area (Å²) in [5.41, 5.74) is -0.231.